The van der Waals surface area contributed by atoms with Gasteiger partial charge < -0.3 is 9.73 Å². The van der Waals surface area contributed by atoms with Gasteiger partial charge in [-0.2, -0.15) is 11.8 Å². The summed E-state index contributed by atoms with van der Waals surface area (Å²) in [6.07, 6.45) is 2.42. The van der Waals surface area contributed by atoms with E-state index in [1.54, 1.807) is 30.2 Å². The molecule has 0 saturated heterocycles. The third kappa shape index (κ3) is 6.54. The lowest BCUT2D eigenvalue weighted by Crippen LogP contribution is -2.41. The molecule has 9 heteroatoms. The molecule has 2 aromatic carbocycles. The lowest BCUT2D eigenvalue weighted by atomic mass is 10.2. The van der Waals surface area contributed by atoms with Gasteiger partial charge in [-0.1, -0.05) is 29.8 Å². The average Bonchev–Trinajstić information content (AvgIpc) is 3.29. The number of anilines is 1. The number of carbonyl (C=O) groups is 1. The maximum atomic E-state index is 13.4. The summed E-state index contributed by atoms with van der Waals surface area (Å²) >= 11 is 7.63. The number of hydrogen-bond acceptors (Lipinski definition) is 5. The van der Waals surface area contributed by atoms with Crippen LogP contribution >= 0.6 is 23.4 Å². The van der Waals surface area contributed by atoms with E-state index in [0.29, 0.717) is 17.3 Å². The Morgan fingerprint density at radius 3 is 2.53 bits per heavy atom. The van der Waals surface area contributed by atoms with Gasteiger partial charge in [0.2, 0.25) is 5.91 Å². The molecule has 0 aliphatic heterocycles. The first kappa shape index (κ1) is 24.2. The number of hydrogen-bond donors (Lipinski definition) is 1. The molecule has 32 heavy (non-hydrogen) atoms. The van der Waals surface area contributed by atoms with Crippen molar-refractivity contribution in [3.63, 3.8) is 0 Å². The Morgan fingerprint density at radius 2 is 1.84 bits per heavy atom. The van der Waals surface area contributed by atoms with Crippen LogP contribution in [0.3, 0.4) is 0 Å². The standard InChI is InChI=1S/C23H25ClN2O4S2/c1-18-6-2-3-8-22(18)26(32(28,29)21-11-9-19(24)10-12-21)16-23(27)25-13-5-15-31-17-20-7-4-14-30-20/h2-4,6-12,14H,5,13,15-17H2,1H3,(H,25,27). The van der Waals surface area contributed by atoms with Gasteiger partial charge in [0, 0.05) is 11.6 Å². The third-order valence-corrected chi connectivity index (χ3v) is 7.78. The third-order valence-electron chi connectivity index (χ3n) is 4.69. The number of nitrogens with one attached hydrogen (secondary N) is 1. The Bertz CT molecular complexity index is 1120. The molecule has 1 heterocycles. The summed E-state index contributed by atoms with van der Waals surface area (Å²) in [5.74, 6) is 2.19. The van der Waals surface area contributed by atoms with Crippen LogP contribution in [0.2, 0.25) is 5.02 Å². The number of para-hydroxylation sites is 1. The van der Waals surface area contributed by atoms with E-state index < -0.39 is 10.0 Å². The first-order valence-corrected chi connectivity index (χ1v) is 13.1. The first-order valence-electron chi connectivity index (χ1n) is 10.1. The number of aryl methyl sites for hydroxylation is 1. The van der Waals surface area contributed by atoms with Crippen molar-refractivity contribution in [2.75, 3.05) is 23.1 Å². The molecule has 170 valence electrons. The molecular formula is C23H25ClN2O4S2. The number of rotatable bonds is 11. The van der Waals surface area contributed by atoms with E-state index in [-0.39, 0.29) is 17.3 Å². The van der Waals surface area contributed by atoms with Crippen molar-refractivity contribution < 1.29 is 17.6 Å². The number of halogens is 1. The maximum Gasteiger partial charge on any atom is 0.264 e. The first-order chi connectivity index (χ1) is 15.4. The van der Waals surface area contributed by atoms with Crippen LogP contribution in [0.15, 0.2) is 76.2 Å². The van der Waals surface area contributed by atoms with E-state index in [2.05, 4.69) is 5.32 Å². The monoisotopic (exact) mass is 492 g/mol. The minimum Gasteiger partial charge on any atom is -0.468 e. The number of benzene rings is 2. The molecule has 1 N–H and O–H groups in total. The topological polar surface area (TPSA) is 79.6 Å². The maximum absolute atomic E-state index is 13.4. The highest BCUT2D eigenvalue weighted by Gasteiger charge is 2.28. The van der Waals surface area contributed by atoms with Crippen molar-refractivity contribution in [2.24, 2.45) is 0 Å². The molecule has 6 nitrogen and oxygen atoms in total. The quantitative estimate of drug-likeness (QED) is 0.386. The van der Waals surface area contributed by atoms with Crippen molar-refractivity contribution in [3.8, 4) is 0 Å². The second-order valence-electron chi connectivity index (χ2n) is 7.09. The molecule has 0 fully saturated rings. The molecule has 0 aliphatic carbocycles. The smallest absolute Gasteiger partial charge is 0.264 e. The summed E-state index contributed by atoms with van der Waals surface area (Å²) in [5.41, 5.74) is 1.22. The lowest BCUT2D eigenvalue weighted by molar-refractivity contribution is -0.119. The number of furan rings is 1. The van der Waals surface area contributed by atoms with Gasteiger partial charge in [0.15, 0.2) is 0 Å². The lowest BCUT2D eigenvalue weighted by Gasteiger charge is -2.25. The van der Waals surface area contributed by atoms with Crippen LogP contribution in [0.4, 0.5) is 5.69 Å². The average molecular weight is 493 g/mol. The van der Waals surface area contributed by atoms with Crippen LogP contribution in [-0.4, -0.2) is 33.2 Å². The molecule has 1 aromatic heterocycles. The number of nitrogens with zero attached hydrogens (tertiary/aromatic N) is 1. The van der Waals surface area contributed by atoms with Gasteiger partial charge in [0.05, 0.1) is 22.6 Å². The number of amides is 1. The van der Waals surface area contributed by atoms with Crippen molar-refractivity contribution in [1.29, 1.82) is 0 Å². The second-order valence-corrected chi connectivity index (χ2v) is 10.5. The predicted octanol–water partition coefficient (Wildman–Crippen LogP) is 4.88. The summed E-state index contributed by atoms with van der Waals surface area (Å²) in [4.78, 5) is 12.7. The van der Waals surface area contributed by atoms with Crippen LogP contribution in [0, 0.1) is 6.92 Å². The summed E-state index contributed by atoms with van der Waals surface area (Å²) < 4.78 is 33.1. The van der Waals surface area contributed by atoms with Gasteiger partial charge in [-0.15, -0.1) is 0 Å². The minimum absolute atomic E-state index is 0.0762. The fraction of sp³-hybridized carbons (Fsp3) is 0.261. The highest BCUT2D eigenvalue weighted by atomic mass is 35.5. The normalized spacial score (nSPS) is 11.3. The van der Waals surface area contributed by atoms with E-state index in [1.165, 1.54) is 24.3 Å². The Labute approximate surface area is 198 Å². The number of thioether (sulfide) groups is 1. The Hall–Kier alpha value is -2.42. The minimum atomic E-state index is -3.95. The van der Waals surface area contributed by atoms with Crippen molar-refractivity contribution in [2.45, 2.75) is 24.0 Å². The summed E-state index contributed by atoms with van der Waals surface area (Å²) in [7, 11) is -3.95. The van der Waals surface area contributed by atoms with Crippen molar-refractivity contribution in [1.82, 2.24) is 5.32 Å². The molecule has 0 unspecified atom stereocenters. The molecule has 1 amide bonds. The molecular weight excluding hydrogens is 468 g/mol. The zero-order valence-electron chi connectivity index (χ0n) is 17.7. The Kier molecular flexibility index (Phi) is 8.67. The van der Waals surface area contributed by atoms with E-state index in [9.17, 15) is 13.2 Å². The van der Waals surface area contributed by atoms with Crippen LogP contribution in [0.5, 0.6) is 0 Å². The molecule has 0 bridgehead atoms. The van der Waals surface area contributed by atoms with E-state index >= 15 is 0 Å². The highest BCUT2D eigenvalue weighted by molar-refractivity contribution is 7.98. The van der Waals surface area contributed by atoms with Crippen LogP contribution in [0.25, 0.3) is 0 Å². The van der Waals surface area contributed by atoms with Gasteiger partial charge in [0.1, 0.15) is 12.3 Å². The Balaban J connectivity index is 1.63. The number of sulfonamides is 1. The molecule has 0 radical (unpaired) electrons. The zero-order chi connectivity index (χ0) is 23.0. The van der Waals surface area contributed by atoms with Gasteiger partial charge in [-0.05, 0) is 67.1 Å². The van der Waals surface area contributed by atoms with E-state index in [4.69, 9.17) is 16.0 Å². The van der Waals surface area contributed by atoms with Crippen molar-refractivity contribution >= 4 is 45.0 Å². The largest absolute Gasteiger partial charge is 0.468 e. The van der Waals surface area contributed by atoms with Crippen LogP contribution in [0.1, 0.15) is 17.7 Å². The molecule has 0 aliphatic rings. The van der Waals surface area contributed by atoms with Gasteiger partial charge in [0.25, 0.3) is 10.0 Å². The molecule has 0 spiro atoms. The van der Waals surface area contributed by atoms with Crippen molar-refractivity contribution in [3.05, 3.63) is 83.3 Å². The van der Waals surface area contributed by atoms with Gasteiger partial charge in [-0.3, -0.25) is 9.10 Å². The summed E-state index contributed by atoms with van der Waals surface area (Å²) in [5, 5.41) is 3.26. The highest BCUT2D eigenvalue weighted by Crippen LogP contribution is 2.27. The van der Waals surface area contributed by atoms with Gasteiger partial charge >= 0.3 is 0 Å². The molecule has 0 atom stereocenters. The number of carbonyl (C=O) groups excluding carboxylic acids is 1. The van der Waals surface area contributed by atoms with E-state index in [0.717, 1.165) is 33.6 Å². The zero-order valence-corrected chi connectivity index (χ0v) is 20.0. The second kappa shape index (κ2) is 11.4. The van der Waals surface area contributed by atoms with Crippen LogP contribution < -0.4 is 9.62 Å². The van der Waals surface area contributed by atoms with E-state index in [1.807, 2.05) is 31.2 Å². The summed E-state index contributed by atoms with van der Waals surface area (Å²) in [6.45, 7) is 1.97. The fourth-order valence-corrected chi connectivity index (χ4v) is 5.50. The summed E-state index contributed by atoms with van der Waals surface area (Å²) in [6, 6.07) is 16.8. The molecule has 3 rings (SSSR count). The molecule has 3 aromatic rings. The predicted molar refractivity (Wildman–Crippen MR) is 130 cm³/mol. The SMILES string of the molecule is Cc1ccccc1N(CC(=O)NCCCSCc1ccco1)S(=O)(=O)c1ccc(Cl)cc1. The van der Waals surface area contributed by atoms with Gasteiger partial charge in [-0.25, -0.2) is 8.42 Å². The molecule has 0 saturated carbocycles. The van der Waals surface area contributed by atoms with Crippen LogP contribution in [-0.2, 0) is 20.6 Å². The fourth-order valence-electron chi connectivity index (χ4n) is 3.03. The Morgan fingerprint density at radius 1 is 1.09 bits per heavy atom.